The molecule has 0 aliphatic carbocycles. The van der Waals surface area contributed by atoms with Gasteiger partial charge in [0.05, 0.1) is 11.4 Å². The maximum absolute atomic E-state index is 6.33. The average molecular weight is 335 g/mol. The molecule has 0 fully saturated rings. The molecule has 116 valence electrons. The van der Waals surface area contributed by atoms with Crippen molar-refractivity contribution in [3.63, 3.8) is 0 Å². The molecular weight excluding hydrogens is 316 g/mol. The van der Waals surface area contributed by atoms with E-state index in [1.54, 1.807) is 11.3 Å². The number of hydrogen-bond donors (Lipinski definition) is 0. The van der Waals surface area contributed by atoms with Crippen molar-refractivity contribution in [2.45, 2.75) is 26.9 Å². The molecule has 3 aromatic rings. The highest BCUT2D eigenvalue weighted by Gasteiger charge is 2.16. The number of pyridine rings is 1. The van der Waals surface area contributed by atoms with Crippen LogP contribution in [0.4, 0.5) is 0 Å². The third-order valence-corrected chi connectivity index (χ3v) is 4.48. The standard InChI is InChI=1S/C16H19ClN4S/c1-12(2)9-20(10-13-5-3-4-6-18-13)11-14-15(17)19-16-21(14)7-8-22-16/h3-8,12H,9-11H2,1-2H3. The van der Waals surface area contributed by atoms with Crippen LogP contribution >= 0.6 is 22.9 Å². The van der Waals surface area contributed by atoms with Gasteiger partial charge >= 0.3 is 0 Å². The maximum Gasteiger partial charge on any atom is 0.195 e. The summed E-state index contributed by atoms with van der Waals surface area (Å²) in [6.45, 7) is 7.02. The molecule has 0 N–H and O–H groups in total. The lowest BCUT2D eigenvalue weighted by atomic mass is 10.2. The third-order valence-electron chi connectivity index (χ3n) is 3.42. The van der Waals surface area contributed by atoms with Gasteiger partial charge in [-0.25, -0.2) is 4.98 Å². The molecule has 0 aliphatic rings. The van der Waals surface area contributed by atoms with E-state index in [2.05, 4.69) is 39.2 Å². The Balaban J connectivity index is 1.83. The van der Waals surface area contributed by atoms with E-state index >= 15 is 0 Å². The SMILES string of the molecule is CC(C)CN(Cc1ccccn1)Cc1c(Cl)nc2sccn12. The van der Waals surface area contributed by atoms with Crippen LogP contribution in [0.25, 0.3) is 4.96 Å². The van der Waals surface area contributed by atoms with Crippen molar-refractivity contribution < 1.29 is 0 Å². The molecule has 6 heteroatoms. The molecule has 0 unspecified atom stereocenters. The molecule has 0 bridgehead atoms. The van der Waals surface area contributed by atoms with Crippen molar-refractivity contribution in [2.24, 2.45) is 5.92 Å². The molecule has 4 nitrogen and oxygen atoms in total. The minimum atomic E-state index is 0.577. The summed E-state index contributed by atoms with van der Waals surface area (Å²) in [4.78, 5) is 12.2. The van der Waals surface area contributed by atoms with E-state index in [1.165, 1.54) is 0 Å². The smallest absolute Gasteiger partial charge is 0.195 e. The molecule has 3 aromatic heterocycles. The predicted octanol–water partition coefficient (Wildman–Crippen LogP) is 4.10. The number of rotatable bonds is 6. The second-order valence-corrected chi connectivity index (χ2v) is 7.02. The van der Waals surface area contributed by atoms with Gasteiger partial charge in [-0.1, -0.05) is 31.5 Å². The molecule has 3 heterocycles. The number of fused-ring (bicyclic) bond motifs is 1. The molecular formula is C16H19ClN4S. The fraction of sp³-hybridized carbons (Fsp3) is 0.375. The summed E-state index contributed by atoms with van der Waals surface area (Å²) in [6, 6.07) is 6.03. The summed E-state index contributed by atoms with van der Waals surface area (Å²) >= 11 is 7.93. The highest BCUT2D eigenvalue weighted by atomic mass is 35.5. The Morgan fingerprint density at radius 2 is 2.18 bits per heavy atom. The lowest BCUT2D eigenvalue weighted by molar-refractivity contribution is 0.222. The van der Waals surface area contributed by atoms with Gasteiger partial charge in [-0.15, -0.1) is 11.3 Å². The zero-order valence-electron chi connectivity index (χ0n) is 12.7. The molecule has 0 spiro atoms. The summed E-state index contributed by atoms with van der Waals surface area (Å²) in [7, 11) is 0. The second kappa shape index (κ2) is 6.77. The van der Waals surface area contributed by atoms with Crippen molar-refractivity contribution in [2.75, 3.05) is 6.54 Å². The Kier molecular flexibility index (Phi) is 4.76. The average Bonchev–Trinajstić information content (AvgIpc) is 3.02. The molecule has 0 aromatic carbocycles. The summed E-state index contributed by atoms with van der Waals surface area (Å²) in [6.07, 6.45) is 3.87. The van der Waals surface area contributed by atoms with Gasteiger partial charge in [0.15, 0.2) is 10.1 Å². The van der Waals surface area contributed by atoms with E-state index in [4.69, 9.17) is 11.6 Å². The molecule has 0 saturated carbocycles. The van der Waals surface area contributed by atoms with Gasteiger partial charge in [0.2, 0.25) is 0 Å². The van der Waals surface area contributed by atoms with E-state index in [0.717, 1.165) is 36.0 Å². The lowest BCUT2D eigenvalue weighted by Crippen LogP contribution is -2.28. The normalized spacial score (nSPS) is 11.9. The maximum atomic E-state index is 6.33. The zero-order chi connectivity index (χ0) is 15.5. The van der Waals surface area contributed by atoms with Gasteiger partial charge in [-0.05, 0) is 18.1 Å². The molecule has 3 rings (SSSR count). The van der Waals surface area contributed by atoms with E-state index in [0.29, 0.717) is 11.1 Å². The van der Waals surface area contributed by atoms with Gasteiger partial charge < -0.3 is 0 Å². The minimum absolute atomic E-state index is 0.577. The lowest BCUT2D eigenvalue weighted by Gasteiger charge is -2.23. The summed E-state index contributed by atoms with van der Waals surface area (Å²) in [5.41, 5.74) is 2.12. The van der Waals surface area contributed by atoms with Crippen molar-refractivity contribution >= 4 is 27.9 Å². The van der Waals surface area contributed by atoms with E-state index in [1.807, 2.05) is 29.9 Å². The Morgan fingerprint density at radius 1 is 1.32 bits per heavy atom. The van der Waals surface area contributed by atoms with E-state index < -0.39 is 0 Å². The summed E-state index contributed by atoms with van der Waals surface area (Å²) in [5, 5.41) is 2.63. The third kappa shape index (κ3) is 3.48. The molecule has 0 aliphatic heterocycles. The van der Waals surface area contributed by atoms with Crippen LogP contribution in [0.3, 0.4) is 0 Å². The van der Waals surface area contributed by atoms with Crippen LogP contribution in [0.2, 0.25) is 5.15 Å². The first-order valence-corrected chi connectivity index (χ1v) is 8.61. The van der Waals surface area contributed by atoms with Crippen LogP contribution in [0, 0.1) is 5.92 Å². The van der Waals surface area contributed by atoms with Crippen molar-refractivity contribution in [1.29, 1.82) is 0 Å². The molecule has 0 amide bonds. The highest BCUT2D eigenvalue weighted by molar-refractivity contribution is 7.15. The van der Waals surface area contributed by atoms with Crippen molar-refractivity contribution in [3.05, 3.63) is 52.5 Å². The van der Waals surface area contributed by atoms with E-state index in [9.17, 15) is 0 Å². The number of imidazole rings is 1. The van der Waals surface area contributed by atoms with Crippen LogP contribution in [-0.4, -0.2) is 25.8 Å². The Labute approximate surface area is 139 Å². The summed E-state index contributed by atoms with van der Waals surface area (Å²) < 4.78 is 2.08. The first-order valence-electron chi connectivity index (χ1n) is 7.35. The first-order chi connectivity index (χ1) is 10.6. The fourth-order valence-electron chi connectivity index (χ4n) is 2.58. The Morgan fingerprint density at radius 3 is 2.91 bits per heavy atom. The van der Waals surface area contributed by atoms with Crippen LogP contribution < -0.4 is 0 Å². The van der Waals surface area contributed by atoms with Crippen LogP contribution in [0.15, 0.2) is 36.0 Å². The first kappa shape index (κ1) is 15.5. The zero-order valence-corrected chi connectivity index (χ0v) is 14.3. The largest absolute Gasteiger partial charge is 0.292 e. The fourth-order valence-corrected chi connectivity index (χ4v) is 3.60. The van der Waals surface area contributed by atoms with Gasteiger partial charge in [0, 0.05) is 37.4 Å². The molecule has 0 atom stereocenters. The van der Waals surface area contributed by atoms with Crippen LogP contribution in [0.1, 0.15) is 25.2 Å². The summed E-state index contributed by atoms with van der Waals surface area (Å²) in [5.74, 6) is 0.577. The van der Waals surface area contributed by atoms with Gasteiger partial charge in [-0.2, -0.15) is 0 Å². The van der Waals surface area contributed by atoms with Gasteiger partial charge in [0.1, 0.15) is 0 Å². The van der Waals surface area contributed by atoms with Gasteiger partial charge in [-0.3, -0.25) is 14.3 Å². The number of hydrogen-bond acceptors (Lipinski definition) is 4. The molecule has 0 saturated heterocycles. The van der Waals surface area contributed by atoms with E-state index in [-0.39, 0.29) is 0 Å². The van der Waals surface area contributed by atoms with Crippen LogP contribution in [0.5, 0.6) is 0 Å². The number of aromatic nitrogens is 3. The highest BCUT2D eigenvalue weighted by Crippen LogP contribution is 2.23. The van der Waals surface area contributed by atoms with Crippen molar-refractivity contribution in [1.82, 2.24) is 19.3 Å². The monoisotopic (exact) mass is 334 g/mol. The van der Waals surface area contributed by atoms with Crippen molar-refractivity contribution in [3.8, 4) is 0 Å². The second-order valence-electron chi connectivity index (χ2n) is 5.79. The number of nitrogens with zero attached hydrogens (tertiary/aromatic N) is 4. The molecule has 22 heavy (non-hydrogen) atoms. The minimum Gasteiger partial charge on any atom is -0.292 e. The Hall–Kier alpha value is -1.43. The topological polar surface area (TPSA) is 33.4 Å². The number of halogens is 1. The predicted molar refractivity (Wildman–Crippen MR) is 91.3 cm³/mol. The number of thiazole rings is 1. The Bertz CT molecular complexity index is 735. The molecule has 0 radical (unpaired) electrons. The van der Waals surface area contributed by atoms with Gasteiger partial charge in [0.25, 0.3) is 0 Å². The quantitative estimate of drug-likeness (QED) is 0.680. The van der Waals surface area contributed by atoms with Crippen LogP contribution in [-0.2, 0) is 13.1 Å².